The fraction of sp³-hybridized carbons (Fsp3) is 0.118. The Bertz CT molecular complexity index is 903. The fourth-order valence-corrected chi connectivity index (χ4v) is 3.05. The van der Waals surface area contributed by atoms with Gasteiger partial charge in [0.1, 0.15) is 0 Å². The van der Waals surface area contributed by atoms with Gasteiger partial charge in [0, 0.05) is 11.3 Å². The molecule has 0 saturated heterocycles. The van der Waals surface area contributed by atoms with Gasteiger partial charge in [-0.05, 0) is 48.9 Å². The molecule has 0 bridgehead atoms. The molecule has 0 aliphatic heterocycles. The summed E-state index contributed by atoms with van der Waals surface area (Å²) in [6.07, 6.45) is 0. The lowest BCUT2D eigenvalue weighted by Gasteiger charge is -2.03. The van der Waals surface area contributed by atoms with Gasteiger partial charge in [0.05, 0.1) is 16.8 Å². The molecule has 7 heteroatoms. The molecule has 0 fully saturated rings. The van der Waals surface area contributed by atoms with Crippen LogP contribution in [0.25, 0.3) is 11.0 Å². The molecule has 0 radical (unpaired) electrons. The van der Waals surface area contributed by atoms with Gasteiger partial charge in [-0.3, -0.25) is 4.79 Å². The van der Waals surface area contributed by atoms with Crippen molar-refractivity contribution in [2.45, 2.75) is 12.1 Å². The summed E-state index contributed by atoms with van der Waals surface area (Å²) in [6.45, 7) is 2.02. The van der Waals surface area contributed by atoms with Crippen molar-refractivity contribution < 1.29 is 9.59 Å². The van der Waals surface area contributed by atoms with Crippen molar-refractivity contribution >= 4 is 40.3 Å². The highest BCUT2D eigenvalue weighted by Crippen LogP contribution is 2.21. The van der Waals surface area contributed by atoms with Crippen LogP contribution >= 0.6 is 11.8 Å². The van der Waals surface area contributed by atoms with Crippen LogP contribution in [0.4, 0.5) is 10.5 Å². The van der Waals surface area contributed by atoms with E-state index >= 15 is 0 Å². The molecule has 0 saturated carbocycles. The van der Waals surface area contributed by atoms with Gasteiger partial charge < -0.3 is 16.0 Å². The van der Waals surface area contributed by atoms with Crippen molar-refractivity contribution in [2.24, 2.45) is 5.73 Å². The number of primary amides is 1. The van der Waals surface area contributed by atoms with Crippen molar-refractivity contribution in [3.05, 3.63) is 53.6 Å². The third-order valence-electron chi connectivity index (χ3n) is 3.43. The molecule has 2 aromatic carbocycles. The SMILES string of the molecule is Cc1ccc2nc(SCC(=O)c3ccc(NC(N)=O)cc3)[nH]c2c1. The summed E-state index contributed by atoms with van der Waals surface area (Å²) in [7, 11) is 0. The number of imidazole rings is 1. The second-order valence-electron chi connectivity index (χ2n) is 5.34. The normalized spacial score (nSPS) is 10.7. The minimum absolute atomic E-state index is 0.0118. The monoisotopic (exact) mass is 340 g/mol. The molecule has 1 heterocycles. The summed E-state index contributed by atoms with van der Waals surface area (Å²) < 4.78 is 0. The Labute approximate surface area is 142 Å². The first kappa shape index (κ1) is 16.1. The number of thioether (sulfide) groups is 1. The first-order valence-electron chi connectivity index (χ1n) is 7.30. The molecule has 0 aliphatic rings. The first-order chi connectivity index (χ1) is 11.5. The number of urea groups is 1. The predicted octanol–water partition coefficient (Wildman–Crippen LogP) is 3.34. The van der Waals surface area contributed by atoms with Crippen LogP contribution in [-0.4, -0.2) is 27.5 Å². The quantitative estimate of drug-likeness (QED) is 0.490. The standard InChI is InChI=1S/C17H16N4O2S/c1-10-2-7-13-14(8-10)21-17(20-13)24-9-15(22)11-3-5-12(6-4-11)19-16(18)23/h2-8H,9H2,1H3,(H,20,21)(H3,18,19,23). The summed E-state index contributed by atoms with van der Waals surface area (Å²) in [4.78, 5) is 30.7. The Hall–Kier alpha value is -2.80. The number of hydrogen-bond acceptors (Lipinski definition) is 4. The van der Waals surface area contributed by atoms with Crippen LogP contribution in [0, 0.1) is 6.92 Å². The zero-order chi connectivity index (χ0) is 17.1. The third-order valence-corrected chi connectivity index (χ3v) is 4.30. The van der Waals surface area contributed by atoms with Gasteiger partial charge in [0.15, 0.2) is 10.9 Å². The van der Waals surface area contributed by atoms with Gasteiger partial charge in [-0.25, -0.2) is 9.78 Å². The van der Waals surface area contributed by atoms with Crippen molar-refractivity contribution in [1.29, 1.82) is 0 Å². The molecule has 1 aromatic heterocycles. The highest BCUT2D eigenvalue weighted by atomic mass is 32.2. The molecule has 0 spiro atoms. The number of aromatic nitrogens is 2. The van der Waals surface area contributed by atoms with Gasteiger partial charge in [-0.15, -0.1) is 0 Å². The van der Waals surface area contributed by atoms with Crippen LogP contribution in [-0.2, 0) is 0 Å². The molecule has 0 aliphatic carbocycles. The van der Waals surface area contributed by atoms with E-state index in [1.54, 1.807) is 24.3 Å². The van der Waals surface area contributed by atoms with Gasteiger partial charge in [-0.1, -0.05) is 17.8 Å². The lowest BCUT2D eigenvalue weighted by Crippen LogP contribution is -2.19. The number of benzene rings is 2. The summed E-state index contributed by atoms with van der Waals surface area (Å²) in [5.74, 6) is 0.267. The van der Waals surface area contributed by atoms with E-state index in [1.807, 2.05) is 25.1 Å². The van der Waals surface area contributed by atoms with Crippen molar-refractivity contribution in [3.63, 3.8) is 0 Å². The van der Waals surface area contributed by atoms with Gasteiger partial charge in [0.25, 0.3) is 0 Å². The third kappa shape index (κ3) is 3.75. The number of nitrogens with two attached hydrogens (primary N) is 1. The first-order valence-corrected chi connectivity index (χ1v) is 8.29. The Morgan fingerprint density at radius 3 is 2.67 bits per heavy atom. The summed E-state index contributed by atoms with van der Waals surface area (Å²) in [5, 5.41) is 3.17. The Morgan fingerprint density at radius 1 is 1.21 bits per heavy atom. The molecule has 0 atom stereocenters. The number of Topliss-reactive ketones (excluding diaryl/α,β-unsaturated/α-hetero) is 1. The van der Waals surface area contributed by atoms with Crippen LogP contribution in [0.2, 0.25) is 0 Å². The maximum Gasteiger partial charge on any atom is 0.316 e. The van der Waals surface area contributed by atoms with Crippen LogP contribution < -0.4 is 11.1 Å². The number of hydrogen-bond donors (Lipinski definition) is 3. The Balaban J connectivity index is 1.64. The van der Waals surface area contributed by atoms with Gasteiger partial charge in [-0.2, -0.15) is 0 Å². The molecule has 3 aromatic rings. The van der Waals surface area contributed by atoms with E-state index in [0.717, 1.165) is 21.8 Å². The number of nitrogens with one attached hydrogen (secondary N) is 2. The second kappa shape index (κ2) is 6.76. The topological polar surface area (TPSA) is 101 Å². The molecule has 6 nitrogen and oxygen atoms in total. The van der Waals surface area contributed by atoms with Crippen LogP contribution in [0.15, 0.2) is 47.6 Å². The van der Waals surface area contributed by atoms with Gasteiger partial charge in [0.2, 0.25) is 0 Å². The van der Waals surface area contributed by atoms with Gasteiger partial charge >= 0.3 is 6.03 Å². The highest BCUT2D eigenvalue weighted by Gasteiger charge is 2.10. The zero-order valence-electron chi connectivity index (χ0n) is 13.0. The van der Waals surface area contributed by atoms with Crippen molar-refractivity contribution in [3.8, 4) is 0 Å². The number of anilines is 1. The maximum atomic E-state index is 12.2. The number of amides is 2. The van der Waals surface area contributed by atoms with Crippen LogP contribution in [0.1, 0.15) is 15.9 Å². The van der Waals surface area contributed by atoms with Crippen LogP contribution in [0.5, 0.6) is 0 Å². The molecule has 3 rings (SSSR count). The zero-order valence-corrected chi connectivity index (χ0v) is 13.8. The van der Waals surface area contributed by atoms with Crippen LogP contribution in [0.3, 0.4) is 0 Å². The molecule has 4 N–H and O–H groups in total. The lowest BCUT2D eigenvalue weighted by molar-refractivity contribution is 0.102. The lowest BCUT2D eigenvalue weighted by atomic mass is 10.1. The Kier molecular flexibility index (Phi) is 4.52. The Morgan fingerprint density at radius 2 is 1.96 bits per heavy atom. The highest BCUT2D eigenvalue weighted by molar-refractivity contribution is 7.99. The van der Waals surface area contributed by atoms with E-state index in [9.17, 15) is 9.59 Å². The summed E-state index contributed by atoms with van der Waals surface area (Å²) in [5.41, 5.74) is 9.18. The molecular weight excluding hydrogens is 324 g/mol. The minimum atomic E-state index is -0.634. The summed E-state index contributed by atoms with van der Waals surface area (Å²) >= 11 is 1.36. The molecule has 24 heavy (non-hydrogen) atoms. The number of aryl methyl sites for hydroxylation is 1. The van der Waals surface area contributed by atoms with E-state index < -0.39 is 6.03 Å². The van der Waals surface area contributed by atoms with Crippen molar-refractivity contribution in [2.75, 3.05) is 11.1 Å². The number of ketones is 1. The van der Waals surface area contributed by atoms with Crippen molar-refractivity contribution in [1.82, 2.24) is 9.97 Å². The molecule has 2 amide bonds. The number of carbonyl (C=O) groups is 2. The maximum absolute atomic E-state index is 12.2. The number of aromatic amines is 1. The number of nitrogens with zero attached hydrogens (tertiary/aromatic N) is 1. The largest absolute Gasteiger partial charge is 0.351 e. The average molecular weight is 340 g/mol. The number of carbonyl (C=O) groups excluding carboxylic acids is 2. The second-order valence-corrected chi connectivity index (χ2v) is 6.31. The van der Waals surface area contributed by atoms with E-state index in [4.69, 9.17) is 5.73 Å². The smallest absolute Gasteiger partial charge is 0.316 e. The number of H-pyrrole nitrogens is 1. The predicted molar refractivity (Wildman–Crippen MR) is 95.5 cm³/mol. The molecule has 0 unspecified atom stereocenters. The molecule has 122 valence electrons. The summed E-state index contributed by atoms with van der Waals surface area (Å²) in [6, 6.07) is 12.0. The van der Waals surface area contributed by atoms with E-state index in [2.05, 4.69) is 15.3 Å². The molecular formula is C17H16N4O2S. The fourth-order valence-electron chi connectivity index (χ4n) is 2.27. The number of fused-ring (bicyclic) bond motifs is 1. The number of rotatable bonds is 5. The van der Waals surface area contributed by atoms with E-state index in [-0.39, 0.29) is 11.5 Å². The minimum Gasteiger partial charge on any atom is -0.351 e. The van der Waals surface area contributed by atoms with E-state index in [0.29, 0.717) is 11.3 Å². The van der Waals surface area contributed by atoms with E-state index in [1.165, 1.54) is 11.8 Å². The average Bonchev–Trinajstić information content (AvgIpc) is 2.94.